The van der Waals surface area contributed by atoms with Crippen LogP contribution in [-0.2, 0) is 14.3 Å². The van der Waals surface area contributed by atoms with E-state index in [0.29, 0.717) is 16.1 Å². The number of para-hydroxylation sites is 2. The smallest absolute Gasteiger partial charge is 0.325 e. The third kappa shape index (κ3) is 4.48. The molecule has 0 saturated carbocycles. The van der Waals surface area contributed by atoms with Crippen molar-refractivity contribution in [1.82, 2.24) is 14.9 Å². The van der Waals surface area contributed by atoms with E-state index in [-0.39, 0.29) is 23.8 Å². The molecule has 1 aromatic heterocycles. The number of aromatic nitrogens is 2. The zero-order chi connectivity index (χ0) is 21.0. The van der Waals surface area contributed by atoms with Gasteiger partial charge in [-0.05, 0) is 37.1 Å². The summed E-state index contributed by atoms with van der Waals surface area (Å²) in [5.74, 6) is -0.873. The van der Waals surface area contributed by atoms with Crippen LogP contribution in [0.4, 0.5) is 0 Å². The Bertz CT molecular complexity index is 1120. The lowest BCUT2D eigenvalue weighted by molar-refractivity contribution is -0.140. The second-order valence-electron chi connectivity index (χ2n) is 6.43. The summed E-state index contributed by atoms with van der Waals surface area (Å²) < 4.78 is 6.07. The van der Waals surface area contributed by atoms with E-state index in [1.54, 1.807) is 22.8 Å². The van der Waals surface area contributed by atoms with E-state index in [9.17, 15) is 14.4 Å². The van der Waals surface area contributed by atoms with E-state index in [4.69, 9.17) is 0 Å². The molecular formula is C21H21N3O4S. The number of rotatable bonds is 6. The van der Waals surface area contributed by atoms with Gasteiger partial charge in [-0.3, -0.25) is 19.0 Å². The highest BCUT2D eigenvalue weighted by Crippen LogP contribution is 2.25. The van der Waals surface area contributed by atoms with Crippen molar-refractivity contribution in [3.8, 4) is 5.69 Å². The zero-order valence-electron chi connectivity index (χ0n) is 16.4. The number of carbonyl (C=O) groups excluding carboxylic acids is 2. The molecule has 1 heterocycles. The highest BCUT2D eigenvalue weighted by atomic mass is 32.2. The number of esters is 1. The van der Waals surface area contributed by atoms with Gasteiger partial charge in [0.25, 0.3) is 5.56 Å². The van der Waals surface area contributed by atoms with Gasteiger partial charge >= 0.3 is 5.97 Å². The molecule has 0 aliphatic rings. The summed E-state index contributed by atoms with van der Waals surface area (Å²) in [5, 5.41) is 3.41. The fraction of sp³-hybridized carbons (Fsp3) is 0.238. The minimum absolute atomic E-state index is 0.00665. The molecule has 0 fully saturated rings. The molecule has 8 heteroatoms. The summed E-state index contributed by atoms with van der Waals surface area (Å²) in [6.45, 7) is 3.66. The number of nitrogens with zero attached hydrogens (tertiary/aromatic N) is 2. The van der Waals surface area contributed by atoms with Gasteiger partial charge in [-0.2, -0.15) is 0 Å². The fourth-order valence-corrected chi connectivity index (χ4v) is 3.82. The predicted molar refractivity (Wildman–Crippen MR) is 113 cm³/mol. The zero-order valence-corrected chi connectivity index (χ0v) is 17.2. The van der Waals surface area contributed by atoms with Gasteiger partial charge in [-0.15, -0.1) is 0 Å². The average molecular weight is 411 g/mol. The normalized spacial score (nSPS) is 10.7. The van der Waals surface area contributed by atoms with Crippen molar-refractivity contribution in [2.24, 2.45) is 0 Å². The van der Waals surface area contributed by atoms with Crippen LogP contribution in [0, 0.1) is 13.8 Å². The number of hydrogen-bond donors (Lipinski definition) is 1. The molecule has 0 unspecified atom stereocenters. The first-order valence-corrected chi connectivity index (χ1v) is 9.95. The molecule has 1 amide bonds. The Labute approximate surface area is 172 Å². The lowest BCUT2D eigenvalue weighted by Crippen LogP contribution is -2.31. The third-order valence-corrected chi connectivity index (χ3v) is 5.34. The summed E-state index contributed by atoms with van der Waals surface area (Å²) in [6.07, 6.45) is 0. The fourth-order valence-electron chi connectivity index (χ4n) is 2.99. The number of ether oxygens (including phenoxy) is 1. The van der Waals surface area contributed by atoms with E-state index in [1.807, 2.05) is 38.1 Å². The Morgan fingerprint density at radius 1 is 1.10 bits per heavy atom. The van der Waals surface area contributed by atoms with Gasteiger partial charge in [0.15, 0.2) is 5.16 Å². The van der Waals surface area contributed by atoms with Gasteiger partial charge in [0, 0.05) is 0 Å². The first kappa shape index (κ1) is 20.6. The van der Waals surface area contributed by atoms with Crippen LogP contribution in [0.1, 0.15) is 11.1 Å². The number of thioether (sulfide) groups is 1. The molecule has 2 aromatic carbocycles. The number of amides is 1. The molecular weight excluding hydrogens is 390 g/mol. The number of benzene rings is 2. The molecule has 3 rings (SSSR count). The number of fused-ring (bicyclic) bond motifs is 1. The molecule has 0 radical (unpaired) electrons. The second-order valence-corrected chi connectivity index (χ2v) is 7.38. The average Bonchev–Trinajstić information content (AvgIpc) is 2.72. The van der Waals surface area contributed by atoms with Crippen LogP contribution >= 0.6 is 11.8 Å². The highest BCUT2D eigenvalue weighted by molar-refractivity contribution is 7.99. The van der Waals surface area contributed by atoms with Crippen molar-refractivity contribution >= 4 is 34.5 Å². The van der Waals surface area contributed by atoms with Gasteiger partial charge in [0.1, 0.15) is 6.54 Å². The van der Waals surface area contributed by atoms with E-state index >= 15 is 0 Å². The Morgan fingerprint density at radius 2 is 1.79 bits per heavy atom. The molecule has 29 heavy (non-hydrogen) atoms. The van der Waals surface area contributed by atoms with Crippen LogP contribution in [0.25, 0.3) is 16.6 Å². The van der Waals surface area contributed by atoms with Gasteiger partial charge in [-0.1, -0.05) is 42.1 Å². The summed E-state index contributed by atoms with van der Waals surface area (Å²) in [6, 6.07) is 12.9. The molecule has 7 nitrogen and oxygen atoms in total. The van der Waals surface area contributed by atoms with Crippen molar-refractivity contribution in [2.75, 3.05) is 19.4 Å². The van der Waals surface area contributed by atoms with Crippen molar-refractivity contribution < 1.29 is 14.3 Å². The van der Waals surface area contributed by atoms with Gasteiger partial charge in [-0.25, -0.2) is 4.98 Å². The van der Waals surface area contributed by atoms with Crippen molar-refractivity contribution in [1.29, 1.82) is 0 Å². The quantitative estimate of drug-likeness (QED) is 0.381. The van der Waals surface area contributed by atoms with Crippen LogP contribution in [-0.4, -0.2) is 40.8 Å². The Balaban J connectivity index is 2.03. The molecule has 0 saturated heterocycles. The number of carbonyl (C=O) groups is 2. The lowest BCUT2D eigenvalue weighted by Gasteiger charge is -2.17. The van der Waals surface area contributed by atoms with Gasteiger partial charge < -0.3 is 10.1 Å². The first-order valence-electron chi connectivity index (χ1n) is 8.97. The Morgan fingerprint density at radius 3 is 2.48 bits per heavy atom. The molecule has 0 bridgehead atoms. The molecule has 3 aromatic rings. The minimum atomic E-state index is -0.528. The number of methoxy groups -OCH3 is 1. The molecule has 0 aliphatic carbocycles. The topological polar surface area (TPSA) is 90.3 Å². The van der Waals surface area contributed by atoms with E-state index in [1.165, 1.54) is 7.11 Å². The minimum Gasteiger partial charge on any atom is -0.468 e. The van der Waals surface area contributed by atoms with Gasteiger partial charge in [0.2, 0.25) is 5.91 Å². The molecule has 0 atom stereocenters. The molecule has 150 valence electrons. The summed E-state index contributed by atoms with van der Waals surface area (Å²) in [5.41, 5.74) is 3.00. The lowest BCUT2D eigenvalue weighted by atomic mass is 10.1. The number of aryl methyl sites for hydroxylation is 2. The number of hydrogen-bond acceptors (Lipinski definition) is 6. The third-order valence-electron chi connectivity index (χ3n) is 4.40. The monoisotopic (exact) mass is 411 g/mol. The maximum atomic E-state index is 13.3. The van der Waals surface area contributed by atoms with Crippen LogP contribution in [0.15, 0.2) is 52.4 Å². The highest BCUT2D eigenvalue weighted by Gasteiger charge is 2.17. The van der Waals surface area contributed by atoms with Crippen molar-refractivity contribution in [3.63, 3.8) is 0 Å². The van der Waals surface area contributed by atoms with Crippen LogP contribution in [0.2, 0.25) is 0 Å². The maximum Gasteiger partial charge on any atom is 0.325 e. The largest absolute Gasteiger partial charge is 0.468 e. The van der Waals surface area contributed by atoms with E-state index in [2.05, 4.69) is 15.0 Å². The summed E-state index contributed by atoms with van der Waals surface area (Å²) in [7, 11) is 1.26. The summed E-state index contributed by atoms with van der Waals surface area (Å²) in [4.78, 5) is 41.2. The van der Waals surface area contributed by atoms with Crippen LogP contribution in [0.5, 0.6) is 0 Å². The first-order chi connectivity index (χ1) is 13.9. The molecule has 0 spiro atoms. The standard InChI is InChI=1S/C21H21N3O4S/c1-13-7-6-8-14(2)19(13)24-20(27)15-9-4-5-10-16(15)23-21(24)29-12-17(25)22-11-18(26)28-3/h4-10H,11-12H2,1-3H3,(H,22,25). The van der Waals surface area contributed by atoms with Crippen LogP contribution in [0.3, 0.4) is 0 Å². The SMILES string of the molecule is COC(=O)CNC(=O)CSc1nc2ccccc2c(=O)n1-c1c(C)cccc1C. The Kier molecular flexibility index (Phi) is 6.33. The molecule has 0 aliphatic heterocycles. The van der Waals surface area contributed by atoms with Gasteiger partial charge in [0.05, 0.1) is 29.5 Å². The molecule has 1 N–H and O–H groups in total. The van der Waals surface area contributed by atoms with Crippen LogP contribution < -0.4 is 10.9 Å². The Hall–Kier alpha value is -3.13. The predicted octanol–water partition coefficient (Wildman–Crippen LogP) is 2.38. The van der Waals surface area contributed by atoms with Crippen molar-refractivity contribution in [3.05, 3.63) is 63.9 Å². The number of nitrogens with one attached hydrogen (secondary N) is 1. The van der Waals surface area contributed by atoms with Crippen molar-refractivity contribution in [2.45, 2.75) is 19.0 Å². The second kappa shape index (κ2) is 8.91. The maximum absolute atomic E-state index is 13.3. The summed E-state index contributed by atoms with van der Waals surface area (Å²) >= 11 is 1.14. The van der Waals surface area contributed by atoms with E-state index in [0.717, 1.165) is 28.6 Å². The van der Waals surface area contributed by atoms with E-state index < -0.39 is 5.97 Å².